The lowest BCUT2D eigenvalue weighted by molar-refractivity contribution is 0.271. The molecule has 0 saturated heterocycles. The number of ether oxygens (including phenoxy) is 1. The topological polar surface area (TPSA) is 61.0 Å². The van der Waals surface area contributed by atoms with Gasteiger partial charge in [-0.05, 0) is 41.5 Å². The van der Waals surface area contributed by atoms with E-state index in [-0.39, 0.29) is 12.0 Å². The normalized spacial score (nSPS) is 16.9. The van der Waals surface area contributed by atoms with Gasteiger partial charge in [-0.2, -0.15) is 0 Å². The summed E-state index contributed by atoms with van der Waals surface area (Å²) in [7, 11) is 0. The van der Waals surface area contributed by atoms with Crippen molar-refractivity contribution in [2.75, 3.05) is 0 Å². The van der Waals surface area contributed by atoms with Gasteiger partial charge in [-0.25, -0.2) is 15.0 Å². The Morgan fingerprint density at radius 2 is 1.27 bits per heavy atom. The van der Waals surface area contributed by atoms with Gasteiger partial charge < -0.3 is 9.15 Å². The average molecular weight is 568 g/mol. The molecule has 0 radical (unpaired) electrons. The van der Waals surface area contributed by atoms with E-state index >= 15 is 0 Å². The maximum atomic E-state index is 6.37. The van der Waals surface area contributed by atoms with E-state index in [1.807, 2.05) is 66.7 Å². The van der Waals surface area contributed by atoms with Crippen LogP contribution in [0.5, 0.6) is 5.75 Å². The zero-order chi connectivity index (χ0) is 29.0. The minimum Gasteiger partial charge on any atom is -0.485 e. The molecule has 2 unspecified atom stereocenters. The first-order valence-corrected chi connectivity index (χ1v) is 14.8. The summed E-state index contributed by atoms with van der Waals surface area (Å²) in [6.07, 6.45) is 6.41. The van der Waals surface area contributed by atoms with Gasteiger partial charge in [0.15, 0.2) is 17.5 Å². The number of hydrogen-bond acceptors (Lipinski definition) is 5. The maximum Gasteiger partial charge on any atom is 0.167 e. The van der Waals surface area contributed by atoms with Crippen LogP contribution in [0.25, 0.3) is 61.7 Å². The number of para-hydroxylation sites is 3. The molecule has 1 aliphatic carbocycles. The van der Waals surface area contributed by atoms with Gasteiger partial charge in [-0.1, -0.05) is 109 Å². The second-order valence-electron chi connectivity index (χ2n) is 11.1. The summed E-state index contributed by atoms with van der Waals surface area (Å²) in [5.74, 6) is 2.87. The summed E-state index contributed by atoms with van der Waals surface area (Å²) < 4.78 is 12.7. The highest BCUT2D eigenvalue weighted by Gasteiger charge is 2.37. The molecule has 0 saturated carbocycles. The summed E-state index contributed by atoms with van der Waals surface area (Å²) in [4.78, 5) is 15.0. The van der Waals surface area contributed by atoms with Crippen molar-refractivity contribution in [3.05, 3.63) is 151 Å². The molecule has 0 amide bonds. The highest BCUT2D eigenvalue weighted by Crippen LogP contribution is 2.48. The van der Waals surface area contributed by atoms with E-state index in [2.05, 4.69) is 72.8 Å². The van der Waals surface area contributed by atoms with Gasteiger partial charge >= 0.3 is 0 Å². The van der Waals surface area contributed by atoms with Crippen molar-refractivity contribution in [3.63, 3.8) is 0 Å². The molecule has 0 bridgehead atoms. The number of fused-ring (bicyclic) bond motifs is 6. The molecular formula is C39H25N3O2. The maximum absolute atomic E-state index is 6.37. The molecule has 5 nitrogen and oxygen atoms in total. The van der Waals surface area contributed by atoms with Crippen LogP contribution in [0.1, 0.15) is 17.0 Å². The first kappa shape index (κ1) is 24.8. The Morgan fingerprint density at radius 3 is 2.20 bits per heavy atom. The Hall–Kier alpha value is -5.81. The average Bonchev–Trinajstić information content (AvgIpc) is 3.67. The highest BCUT2D eigenvalue weighted by molar-refractivity contribution is 6.09. The van der Waals surface area contributed by atoms with Crippen molar-refractivity contribution < 1.29 is 9.15 Å². The van der Waals surface area contributed by atoms with Crippen LogP contribution in [0.2, 0.25) is 0 Å². The van der Waals surface area contributed by atoms with Gasteiger partial charge in [0.05, 0.1) is 11.5 Å². The van der Waals surface area contributed by atoms with E-state index in [0.29, 0.717) is 17.5 Å². The molecule has 0 N–H and O–H groups in total. The second kappa shape index (κ2) is 9.89. The fourth-order valence-corrected chi connectivity index (χ4v) is 6.48. The summed E-state index contributed by atoms with van der Waals surface area (Å²) in [5.41, 5.74) is 7.82. The predicted molar refractivity (Wildman–Crippen MR) is 174 cm³/mol. The summed E-state index contributed by atoms with van der Waals surface area (Å²) in [5, 5.41) is 2.11. The Labute approximate surface area is 253 Å². The van der Waals surface area contributed by atoms with Crippen LogP contribution in [0.3, 0.4) is 0 Å². The van der Waals surface area contributed by atoms with Crippen LogP contribution >= 0.6 is 0 Å². The van der Waals surface area contributed by atoms with E-state index in [4.69, 9.17) is 24.1 Å². The van der Waals surface area contributed by atoms with Gasteiger partial charge in [-0.15, -0.1) is 0 Å². The van der Waals surface area contributed by atoms with E-state index in [1.54, 1.807) is 0 Å². The van der Waals surface area contributed by atoms with Crippen molar-refractivity contribution in [2.45, 2.75) is 12.0 Å². The van der Waals surface area contributed by atoms with Gasteiger partial charge in [0.2, 0.25) is 0 Å². The molecule has 3 heterocycles. The predicted octanol–water partition coefficient (Wildman–Crippen LogP) is 9.27. The molecular weight excluding hydrogens is 542 g/mol. The fraction of sp³-hybridized carbons (Fsp3) is 0.0513. The van der Waals surface area contributed by atoms with E-state index in [0.717, 1.165) is 49.9 Å². The number of rotatable bonds is 4. The zero-order valence-corrected chi connectivity index (χ0v) is 23.6. The molecule has 1 aliphatic heterocycles. The van der Waals surface area contributed by atoms with Crippen molar-refractivity contribution in [2.24, 2.45) is 0 Å². The minimum atomic E-state index is -0.0196. The van der Waals surface area contributed by atoms with E-state index in [1.165, 1.54) is 11.1 Å². The third kappa shape index (κ3) is 3.97. The first-order chi connectivity index (χ1) is 21.8. The Bertz CT molecular complexity index is 2280. The molecule has 7 aromatic rings. The molecule has 2 aromatic heterocycles. The third-order valence-corrected chi connectivity index (χ3v) is 8.52. The van der Waals surface area contributed by atoms with Crippen LogP contribution in [0.15, 0.2) is 144 Å². The Morgan fingerprint density at radius 1 is 0.568 bits per heavy atom. The van der Waals surface area contributed by atoms with Crippen molar-refractivity contribution in [3.8, 4) is 39.9 Å². The van der Waals surface area contributed by atoms with Gasteiger partial charge in [0, 0.05) is 27.5 Å². The molecule has 5 aromatic carbocycles. The standard InChI is InChI=1S/C39H25N3O2/c1-2-11-24(12-3-1)37-40-38(42-39(41-37)31-19-9-18-29-28-15-4-6-20-32(28)44-36(29)31)26-14-8-13-25(23-26)27-17-10-22-34-35(27)30-16-5-7-21-33(30)43-34/h1-23,34-35H. The third-order valence-electron chi connectivity index (χ3n) is 8.52. The number of hydrogen-bond donors (Lipinski definition) is 0. The summed E-state index contributed by atoms with van der Waals surface area (Å²) in [6, 6.07) is 41.1. The number of benzene rings is 5. The lowest BCUT2D eigenvalue weighted by Gasteiger charge is -2.23. The number of allylic oxidation sites excluding steroid dienone is 2. The molecule has 0 fully saturated rings. The first-order valence-electron chi connectivity index (χ1n) is 14.8. The SMILES string of the molecule is C1=CC2Oc3ccccc3C2C(c2cccc(-c3nc(-c4ccccc4)nc(-c4cccc5c4oc4ccccc45)n3)c2)=C1. The molecule has 5 heteroatoms. The van der Waals surface area contributed by atoms with Crippen LogP contribution in [0, 0.1) is 0 Å². The van der Waals surface area contributed by atoms with E-state index < -0.39 is 0 Å². The van der Waals surface area contributed by atoms with Gasteiger partial charge in [0.1, 0.15) is 23.0 Å². The second-order valence-corrected chi connectivity index (χ2v) is 11.1. The molecule has 0 spiro atoms. The largest absolute Gasteiger partial charge is 0.485 e. The van der Waals surface area contributed by atoms with Crippen molar-refractivity contribution in [1.82, 2.24) is 15.0 Å². The smallest absolute Gasteiger partial charge is 0.167 e. The van der Waals surface area contributed by atoms with E-state index in [9.17, 15) is 0 Å². The summed E-state index contributed by atoms with van der Waals surface area (Å²) in [6.45, 7) is 0. The highest BCUT2D eigenvalue weighted by atomic mass is 16.5. The monoisotopic (exact) mass is 567 g/mol. The lowest BCUT2D eigenvalue weighted by Crippen LogP contribution is -2.19. The number of nitrogens with zero attached hydrogens (tertiary/aromatic N) is 3. The fourth-order valence-electron chi connectivity index (χ4n) is 6.48. The quantitative estimate of drug-likeness (QED) is 0.212. The molecule has 2 aliphatic rings. The van der Waals surface area contributed by atoms with Gasteiger partial charge in [0.25, 0.3) is 0 Å². The lowest BCUT2D eigenvalue weighted by atomic mass is 9.81. The van der Waals surface area contributed by atoms with Crippen LogP contribution in [-0.2, 0) is 0 Å². The van der Waals surface area contributed by atoms with Gasteiger partial charge in [-0.3, -0.25) is 0 Å². The van der Waals surface area contributed by atoms with Crippen LogP contribution < -0.4 is 4.74 Å². The Balaban J connectivity index is 1.21. The molecule has 44 heavy (non-hydrogen) atoms. The van der Waals surface area contributed by atoms with Crippen LogP contribution in [0.4, 0.5) is 0 Å². The number of aromatic nitrogens is 3. The molecule has 9 rings (SSSR count). The molecule has 208 valence electrons. The van der Waals surface area contributed by atoms with Crippen molar-refractivity contribution in [1.29, 1.82) is 0 Å². The summed E-state index contributed by atoms with van der Waals surface area (Å²) >= 11 is 0. The van der Waals surface area contributed by atoms with Crippen LogP contribution in [-0.4, -0.2) is 21.1 Å². The zero-order valence-electron chi connectivity index (χ0n) is 23.6. The van der Waals surface area contributed by atoms with Crippen molar-refractivity contribution >= 4 is 27.5 Å². The molecule has 2 atom stereocenters. The number of furan rings is 1. The minimum absolute atomic E-state index is 0.0196. The Kier molecular flexibility index (Phi) is 5.56.